The molecule has 0 amide bonds. The van der Waals surface area contributed by atoms with E-state index in [1.807, 2.05) is 30.3 Å². The number of halogens is 2. The van der Waals surface area contributed by atoms with Gasteiger partial charge in [-0.2, -0.15) is 0 Å². The van der Waals surface area contributed by atoms with Gasteiger partial charge in [0.2, 0.25) is 0 Å². The van der Waals surface area contributed by atoms with Crippen molar-refractivity contribution >= 4 is 46.5 Å². The van der Waals surface area contributed by atoms with Gasteiger partial charge in [-0.1, -0.05) is 54.1 Å². The molecule has 4 aromatic rings. The molecule has 158 valence electrons. The summed E-state index contributed by atoms with van der Waals surface area (Å²) in [6.45, 7) is 0. The van der Waals surface area contributed by atoms with E-state index in [4.69, 9.17) is 16.3 Å². The lowest BCUT2D eigenvalue weighted by molar-refractivity contribution is 0.104. The van der Waals surface area contributed by atoms with E-state index in [0.717, 1.165) is 16.5 Å². The van der Waals surface area contributed by atoms with Crippen molar-refractivity contribution in [3.05, 3.63) is 112 Å². The monoisotopic (exact) mass is 443 g/mol. The Morgan fingerprint density at radius 3 is 2.59 bits per heavy atom. The first kappa shape index (κ1) is 21.5. The standard InChI is InChI=1S/C27H19ClFNO2/c1-32-21-7-4-6-19(17-21)27(31)15-13-20-16-18(22-8-2-3-11-26(22)30-20)12-14-23-24(28)9-5-10-25(23)29/h2-17H,1H3/b14-12+,15-13+. The summed E-state index contributed by atoms with van der Waals surface area (Å²) in [4.78, 5) is 17.2. The summed E-state index contributed by atoms with van der Waals surface area (Å²) in [7, 11) is 1.56. The number of carbonyl (C=O) groups excluding carboxylic acids is 1. The molecular formula is C27H19ClFNO2. The second-order valence-corrected chi connectivity index (χ2v) is 7.46. The maximum Gasteiger partial charge on any atom is 0.186 e. The Kier molecular flexibility index (Phi) is 6.43. The molecule has 0 saturated carbocycles. The predicted molar refractivity (Wildman–Crippen MR) is 128 cm³/mol. The zero-order valence-electron chi connectivity index (χ0n) is 17.3. The molecule has 0 aliphatic carbocycles. The average Bonchev–Trinajstić information content (AvgIpc) is 2.82. The number of methoxy groups -OCH3 is 1. The van der Waals surface area contributed by atoms with Crippen LogP contribution in [0.25, 0.3) is 29.1 Å². The summed E-state index contributed by atoms with van der Waals surface area (Å²) < 4.78 is 19.3. The second-order valence-electron chi connectivity index (χ2n) is 7.05. The Balaban J connectivity index is 1.70. The Hall–Kier alpha value is -3.76. The van der Waals surface area contributed by atoms with E-state index in [-0.39, 0.29) is 5.78 Å². The van der Waals surface area contributed by atoms with Crippen molar-refractivity contribution in [1.82, 2.24) is 4.98 Å². The zero-order valence-corrected chi connectivity index (χ0v) is 18.0. The number of hydrogen-bond acceptors (Lipinski definition) is 3. The highest BCUT2D eigenvalue weighted by Crippen LogP contribution is 2.25. The lowest BCUT2D eigenvalue weighted by Gasteiger charge is -2.05. The lowest BCUT2D eigenvalue weighted by Crippen LogP contribution is -1.95. The maximum atomic E-state index is 14.2. The van der Waals surface area contributed by atoms with E-state index in [0.29, 0.717) is 27.6 Å². The molecule has 5 heteroatoms. The van der Waals surface area contributed by atoms with E-state index in [2.05, 4.69) is 4.98 Å². The Labute approximate surface area is 190 Å². The van der Waals surface area contributed by atoms with Crippen molar-refractivity contribution in [2.75, 3.05) is 7.11 Å². The summed E-state index contributed by atoms with van der Waals surface area (Å²) in [5.74, 6) is 0.0671. The van der Waals surface area contributed by atoms with Gasteiger partial charge in [0, 0.05) is 16.5 Å². The van der Waals surface area contributed by atoms with E-state index < -0.39 is 5.82 Å². The fourth-order valence-electron chi connectivity index (χ4n) is 3.32. The van der Waals surface area contributed by atoms with E-state index in [1.165, 1.54) is 12.1 Å². The van der Waals surface area contributed by atoms with E-state index >= 15 is 0 Å². The topological polar surface area (TPSA) is 39.2 Å². The van der Waals surface area contributed by atoms with Crippen LogP contribution in [0.3, 0.4) is 0 Å². The van der Waals surface area contributed by atoms with Gasteiger partial charge >= 0.3 is 0 Å². The average molecular weight is 444 g/mol. The zero-order chi connectivity index (χ0) is 22.5. The lowest BCUT2D eigenvalue weighted by atomic mass is 10.0. The fourth-order valence-corrected chi connectivity index (χ4v) is 3.55. The number of fused-ring (bicyclic) bond motifs is 1. The van der Waals surface area contributed by atoms with Crippen molar-refractivity contribution in [3.63, 3.8) is 0 Å². The van der Waals surface area contributed by atoms with Gasteiger partial charge in [0.05, 0.1) is 23.3 Å². The normalized spacial score (nSPS) is 11.5. The predicted octanol–water partition coefficient (Wildman–Crippen LogP) is 7.10. The van der Waals surface area contributed by atoms with Crippen molar-refractivity contribution in [2.24, 2.45) is 0 Å². The number of hydrogen-bond donors (Lipinski definition) is 0. The summed E-state index contributed by atoms with van der Waals surface area (Å²) >= 11 is 6.15. The molecule has 0 saturated heterocycles. The first-order valence-corrected chi connectivity index (χ1v) is 10.3. The third kappa shape index (κ3) is 4.76. The van der Waals surface area contributed by atoms with Gasteiger partial charge in [-0.05, 0) is 60.2 Å². The Morgan fingerprint density at radius 1 is 0.969 bits per heavy atom. The third-order valence-corrected chi connectivity index (χ3v) is 5.29. The van der Waals surface area contributed by atoms with E-state index in [9.17, 15) is 9.18 Å². The fraction of sp³-hybridized carbons (Fsp3) is 0.0370. The second kappa shape index (κ2) is 9.58. The van der Waals surface area contributed by atoms with Crippen molar-refractivity contribution in [3.8, 4) is 5.75 Å². The molecular weight excluding hydrogens is 425 g/mol. The Morgan fingerprint density at radius 2 is 1.78 bits per heavy atom. The van der Waals surface area contributed by atoms with Crippen LogP contribution in [-0.4, -0.2) is 17.9 Å². The highest BCUT2D eigenvalue weighted by Gasteiger charge is 2.07. The summed E-state index contributed by atoms with van der Waals surface area (Å²) in [6, 6.07) is 21.1. The van der Waals surface area contributed by atoms with Gasteiger partial charge in [0.15, 0.2) is 5.78 Å². The van der Waals surface area contributed by atoms with Gasteiger partial charge in [0.25, 0.3) is 0 Å². The Bertz CT molecular complexity index is 1340. The number of allylic oxidation sites excluding steroid dienone is 1. The molecule has 0 atom stereocenters. The number of para-hydroxylation sites is 1. The number of ketones is 1. The molecule has 0 bridgehead atoms. The molecule has 0 spiro atoms. The minimum atomic E-state index is -0.392. The molecule has 4 rings (SSSR count). The van der Waals surface area contributed by atoms with Gasteiger partial charge in [-0.25, -0.2) is 9.37 Å². The van der Waals surface area contributed by atoms with Crippen LogP contribution in [-0.2, 0) is 0 Å². The van der Waals surface area contributed by atoms with Gasteiger partial charge < -0.3 is 4.74 Å². The van der Waals surface area contributed by atoms with Crippen molar-refractivity contribution in [1.29, 1.82) is 0 Å². The molecule has 0 radical (unpaired) electrons. The third-order valence-electron chi connectivity index (χ3n) is 4.96. The van der Waals surface area contributed by atoms with Crippen LogP contribution in [0, 0.1) is 5.82 Å². The van der Waals surface area contributed by atoms with Crippen LogP contribution in [0.15, 0.2) is 78.9 Å². The largest absolute Gasteiger partial charge is 0.497 e. The van der Waals surface area contributed by atoms with Crippen LogP contribution in [0.1, 0.15) is 27.2 Å². The quantitative estimate of drug-likeness (QED) is 0.235. The van der Waals surface area contributed by atoms with Gasteiger partial charge in [-0.15, -0.1) is 0 Å². The molecule has 0 aliphatic rings. The number of pyridine rings is 1. The minimum absolute atomic E-state index is 0.158. The summed E-state index contributed by atoms with van der Waals surface area (Å²) in [5, 5.41) is 1.25. The van der Waals surface area contributed by atoms with Crippen molar-refractivity contribution in [2.45, 2.75) is 0 Å². The van der Waals surface area contributed by atoms with Gasteiger partial charge in [-0.3, -0.25) is 4.79 Å². The summed E-state index contributed by atoms with van der Waals surface area (Å²) in [5.41, 5.74) is 3.06. The minimum Gasteiger partial charge on any atom is -0.497 e. The van der Waals surface area contributed by atoms with Crippen LogP contribution >= 0.6 is 11.6 Å². The smallest absolute Gasteiger partial charge is 0.186 e. The number of rotatable bonds is 6. The molecule has 3 nitrogen and oxygen atoms in total. The molecule has 1 aromatic heterocycles. The molecule has 0 aliphatic heterocycles. The molecule has 0 fully saturated rings. The number of nitrogens with zero attached hydrogens (tertiary/aromatic N) is 1. The van der Waals surface area contributed by atoms with Crippen molar-refractivity contribution < 1.29 is 13.9 Å². The summed E-state index contributed by atoms with van der Waals surface area (Å²) in [6.07, 6.45) is 6.60. The number of carbonyl (C=O) groups is 1. The molecule has 32 heavy (non-hydrogen) atoms. The number of benzene rings is 3. The van der Waals surface area contributed by atoms with Crippen LogP contribution in [0.4, 0.5) is 4.39 Å². The van der Waals surface area contributed by atoms with E-state index in [1.54, 1.807) is 61.7 Å². The number of ether oxygens (including phenoxy) is 1. The maximum absolute atomic E-state index is 14.2. The van der Waals surface area contributed by atoms with Crippen LogP contribution in [0.2, 0.25) is 5.02 Å². The molecule has 3 aromatic carbocycles. The highest BCUT2D eigenvalue weighted by molar-refractivity contribution is 6.32. The van der Waals surface area contributed by atoms with Crippen LogP contribution < -0.4 is 4.74 Å². The molecule has 0 N–H and O–H groups in total. The first-order chi connectivity index (χ1) is 15.5. The highest BCUT2D eigenvalue weighted by atomic mass is 35.5. The molecule has 1 heterocycles. The van der Waals surface area contributed by atoms with Crippen LogP contribution in [0.5, 0.6) is 5.75 Å². The SMILES string of the molecule is COc1cccc(C(=O)/C=C/c2cc(/C=C/c3c(F)cccc3Cl)c3ccccc3n2)c1. The van der Waals surface area contributed by atoms with Gasteiger partial charge in [0.1, 0.15) is 11.6 Å². The molecule has 0 unspecified atom stereocenters. The number of aromatic nitrogens is 1. The first-order valence-electron chi connectivity index (χ1n) is 9.93.